The van der Waals surface area contributed by atoms with E-state index in [0.29, 0.717) is 10.2 Å². The van der Waals surface area contributed by atoms with Crippen LogP contribution in [-0.2, 0) is 20.0 Å². The van der Waals surface area contributed by atoms with Crippen LogP contribution >= 0.6 is 0 Å². The molecule has 0 aliphatic rings. The van der Waals surface area contributed by atoms with E-state index in [-0.39, 0.29) is 10.5 Å². The van der Waals surface area contributed by atoms with Crippen LogP contribution in [0.15, 0.2) is 23.1 Å². The van der Waals surface area contributed by atoms with Crippen LogP contribution in [0.3, 0.4) is 0 Å². The molecule has 0 aliphatic carbocycles. The smallest absolute Gasteiger partial charge is 0.485 e. The Balaban J connectivity index is 0.000000609. The van der Waals surface area contributed by atoms with Crippen molar-refractivity contribution in [2.45, 2.75) is 10.4 Å². The number of alkyl halides is 3. The van der Waals surface area contributed by atoms with Crippen LogP contribution in [-0.4, -0.2) is 65.4 Å². The predicted molar refractivity (Wildman–Crippen MR) is 81.8 cm³/mol. The summed E-state index contributed by atoms with van der Waals surface area (Å²) in [5.74, 6) is -1.14. The third-order valence-electron chi connectivity index (χ3n) is 2.61. The molecule has 0 heterocycles. The summed E-state index contributed by atoms with van der Waals surface area (Å²) in [6.45, 7) is 0. The highest BCUT2D eigenvalue weighted by atomic mass is 32.2. The Kier molecular flexibility index (Phi) is 6.78. The number of nitrogens with zero attached hydrogens (tertiary/aromatic N) is 1. The van der Waals surface area contributed by atoms with E-state index in [1.54, 1.807) is 6.07 Å². The maximum Gasteiger partial charge on any atom is 0.485 e. The van der Waals surface area contributed by atoms with Crippen molar-refractivity contribution in [3.05, 3.63) is 23.8 Å². The minimum atomic E-state index is -6.09. The van der Waals surface area contributed by atoms with E-state index in [4.69, 9.17) is 18.1 Å². The molecule has 1 rings (SSSR count). The van der Waals surface area contributed by atoms with Gasteiger partial charge in [-0.1, -0.05) is 0 Å². The summed E-state index contributed by atoms with van der Waals surface area (Å²) in [6.07, 6.45) is 1.08. The van der Waals surface area contributed by atoms with Gasteiger partial charge in [0.25, 0.3) is 0 Å². The molecule has 8 nitrogen and oxygen atoms in total. The van der Waals surface area contributed by atoms with Gasteiger partial charge in [0.1, 0.15) is 4.90 Å². The van der Waals surface area contributed by atoms with Crippen LogP contribution in [0.5, 0.6) is 0 Å². The lowest BCUT2D eigenvalue weighted by molar-refractivity contribution is -0.0517. The molecular formula is C12H16F3NO7S2. The molecule has 0 bridgehead atoms. The van der Waals surface area contributed by atoms with Crippen molar-refractivity contribution in [1.29, 1.82) is 0 Å². The fourth-order valence-electron chi connectivity index (χ4n) is 1.50. The summed E-state index contributed by atoms with van der Waals surface area (Å²) in [6, 6.07) is 4.16. The van der Waals surface area contributed by atoms with Gasteiger partial charge in [-0.2, -0.15) is 13.2 Å². The Bertz CT molecular complexity index is 854. The molecule has 0 radical (unpaired) electrons. The van der Waals surface area contributed by atoms with E-state index in [1.165, 1.54) is 12.1 Å². The Hall–Kier alpha value is -1.70. The zero-order valence-electron chi connectivity index (χ0n) is 13.5. The number of sulfone groups is 1. The van der Waals surface area contributed by atoms with Crippen molar-refractivity contribution in [2.75, 3.05) is 27.4 Å². The van der Waals surface area contributed by atoms with E-state index < -0.39 is 31.4 Å². The van der Waals surface area contributed by atoms with Gasteiger partial charge in [0.05, 0.1) is 26.7 Å². The standard InChI is InChI=1S/C11H15NO4S.CHF3O3S/c1-12(2,3)9-6-5-8(11(13)14)7-10(9)17(4,15)16;2-1(3,4)8(5,6)7/h5-7H,1-4H3;(H,5,6,7). The number of halogens is 3. The number of rotatable bonds is 3. The Labute approximate surface area is 142 Å². The molecule has 0 aliphatic heterocycles. The monoisotopic (exact) mass is 407 g/mol. The maximum atomic E-state index is 11.7. The van der Waals surface area contributed by atoms with Crippen molar-refractivity contribution in [2.24, 2.45) is 0 Å². The summed E-state index contributed by atoms with van der Waals surface area (Å²) in [4.78, 5) is 10.9. The number of benzene rings is 1. The van der Waals surface area contributed by atoms with Gasteiger partial charge in [0.15, 0.2) is 25.6 Å². The predicted octanol–water partition coefficient (Wildman–Crippen LogP) is 1.04. The van der Waals surface area contributed by atoms with Crippen LogP contribution < -0.4 is 4.48 Å². The van der Waals surface area contributed by atoms with Crippen LogP contribution in [0.4, 0.5) is 18.9 Å². The summed E-state index contributed by atoms with van der Waals surface area (Å²) >= 11 is 0. The molecule has 0 aromatic heterocycles. The molecule has 0 atom stereocenters. The first-order valence-electron chi connectivity index (χ1n) is 6.20. The molecule has 1 aromatic rings. The van der Waals surface area contributed by atoms with E-state index in [0.717, 1.165) is 6.26 Å². The van der Waals surface area contributed by atoms with Gasteiger partial charge in [-0.15, -0.1) is 0 Å². The van der Waals surface area contributed by atoms with E-state index >= 15 is 0 Å². The largest absolute Gasteiger partial charge is 0.741 e. The summed E-state index contributed by atoms with van der Waals surface area (Å²) in [7, 11) is -4.07. The van der Waals surface area contributed by atoms with Gasteiger partial charge >= 0.3 is 11.5 Å². The molecule has 1 N–H and O–H groups in total. The van der Waals surface area contributed by atoms with Gasteiger partial charge in [0, 0.05) is 12.3 Å². The second kappa shape index (κ2) is 7.27. The second-order valence-corrected chi connectivity index (χ2v) is 9.03. The number of carboxylic acid groups (broad SMARTS) is 1. The molecule has 13 heteroatoms. The van der Waals surface area contributed by atoms with Crippen molar-refractivity contribution >= 4 is 31.6 Å². The molecule has 25 heavy (non-hydrogen) atoms. The number of carbonyl (C=O) groups is 1. The number of hydrogen-bond acceptors (Lipinski definition) is 6. The first-order chi connectivity index (χ1) is 10.8. The number of aromatic carboxylic acids is 1. The first-order valence-corrected chi connectivity index (χ1v) is 9.50. The van der Waals surface area contributed by atoms with Crippen molar-refractivity contribution in [3.8, 4) is 0 Å². The zero-order chi connectivity index (χ0) is 20.4. The van der Waals surface area contributed by atoms with Crippen LogP contribution in [0.1, 0.15) is 10.4 Å². The fourth-order valence-corrected chi connectivity index (χ4v) is 2.56. The Morgan fingerprint density at radius 3 is 1.76 bits per heavy atom. The van der Waals surface area contributed by atoms with Crippen LogP contribution in [0.25, 0.3) is 0 Å². The minimum absolute atomic E-state index is 0.0253. The van der Waals surface area contributed by atoms with Crippen molar-refractivity contribution in [1.82, 2.24) is 4.48 Å². The normalized spacial score (nSPS) is 13.0. The molecule has 0 unspecified atom stereocenters. The molecule has 0 saturated carbocycles. The van der Waals surface area contributed by atoms with E-state index in [9.17, 15) is 26.4 Å². The summed E-state index contributed by atoms with van der Waals surface area (Å²) < 4.78 is 82.6. The SMILES string of the molecule is C[N+](C)(C)c1ccc(C(=O)O)cc1S(C)(=O)=O.O=S(=O)([O-])C(F)(F)F. The average molecular weight is 407 g/mol. The molecule has 1 aromatic carbocycles. The van der Waals surface area contributed by atoms with Gasteiger partial charge < -0.3 is 9.66 Å². The lowest BCUT2D eigenvalue weighted by atomic mass is 10.2. The van der Waals surface area contributed by atoms with Crippen LogP contribution in [0.2, 0.25) is 0 Å². The minimum Gasteiger partial charge on any atom is -0.741 e. The fraction of sp³-hybridized carbons (Fsp3) is 0.417. The highest BCUT2D eigenvalue weighted by Gasteiger charge is 2.36. The van der Waals surface area contributed by atoms with E-state index in [2.05, 4.69) is 0 Å². The molecule has 0 saturated heterocycles. The van der Waals surface area contributed by atoms with Crippen molar-refractivity contribution < 1.29 is 44.5 Å². The molecule has 0 spiro atoms. The number of hydrogen-bond donors (Lipinski definition) is 1. The zero-order valence-corrected chi connectivity index (χ0v) is 15.2. The highest BCUT2D eigenvalue weighted by Crippen LogP contribution is 2.28. The topological polar surface area (TPSA) is 129 Å². The Morgan fingerprint density at radius 1 is 1.12 bits per heavy atom. The van der Waals surface area contributed by atoms with Gasteiger partial charge in [-0.25, -0.2) is 21.6 Å². The molecule has 0 amide bonds. The maximum absolute atomic E-state index is 11.7. The van der Waals surface area contributed by atoms with Gasteiger partial charge in [-0.05, 0) is 12.1 Å². The number of quaternary nitrogens is 1. The Morgan fingerprint density at radius 2 is 1.52 bits per heavy atom. The molecule has 0 fully saturated rings. The van der Waals surface area contributed by atoms with Crippen LogP contribution in [0, 0.1) is 0 Å². The third-order valence-corrected chi connectivity index (χ3v) is 4.31. The number of carboxylic acids is 1. The lowest BCUT2D eigenvalue weighted by Crippen LogP contribution is -2.36. The first kappa shape index (κ1) is 23.3. The third kappa shape index (κ3) is 6.97. The van der Waals surface area contributed by atoms with E-state index in [1.807, 2.05) is 21.1 Å². The molecule has 144 valence electrons. The summed E-state index contributed by atoms with van der Waals surface area (Å²) in [5, 5.41) is 8.87. The average Bonchev–Trinajstić information content (AvgIpc) is 2.34. The molecular weight excluding hydrogens is 391 g/mol. The lowest BCUT2D eigenvalue weighted by Gasteiger charge is -2.25. The quantitative estimate of drug-likeness (QED) is 0.450. The van der Waals surface area contributed by atoms with Crippen molar-refractivity contribution in [3.63, 3.8) is 0 Å². The van der Waals surface area contributed by atoms with Gasteiger partial charge in [0.2, 0.25) is 0 Å². The summed E-state index contributed by atoms with van der Waals surface area (Å²) in [5.41, 5.74) is -5.10. The van der Waals surface area contributed by atoms with Gasteiger partial charge in [-0.3, -0.25) is 4.48 Å². The highest BCUT2D eigenvalue weighted by molar-refractivity contribution is 7.90. The second-order valence-electron chi connectivity index (χ2n) is 5.67.